The predicted octanol–water partition coefficient (Wildman–Crippen LogP) is 1.44. The van der Waals surface area contributed by atoms with Gasteiger partial charge in [0.15, 0.2) is 5.82 Å². The Balaban J connectivity index is 2.17. The van der Waals surface area contributed by atoms with Gasteiger partial charge in [0.2, 0.25) is 0 Å². The maximum Gasteiger partial charge on any atom is 0.150 e. The Bertz CT molecular complexity index is 365. The lowest BCUT2D eigenvalue weighted by molar-refractivity contribution is 0.333. The lowest BCUT2D eigenvalue weighted by atomic mass is 9.95. The molecule has 1 saturated carbocycles. The molecule has 6 N–H and O–H groups in total. The van der Waals surface area contributed by atoms with Gasteiger partial charge in [-0.25, -0.2) is 4.68 Å². The van der Waals surface area contributed by atoms with Gasteiger partial charge in [-0.15, -0.1) is 0 Å². The van der Waals surface area contributed by atoms with Gasteiger partial charge in [-0.1, -0.05) is 19.3 Å². The van der Waals surface area contributed by atoms with Crippen molar-refractivity contribution in [1.82, 2.24) is 9.78 Å². The second-order valence-corrected chi connectivity index (χ2v) is 4.88. The second-order valence-electron chi connectivity index (χ2n) is 4.88. The maximum atomic E-state index is 6.16. The van der Waals surface area contributed by atoms with Gasteiger partial charge in [-0.3, -0.25) is 0 Å². The molecule has 96 valence electrons. The Hall–Kier alpha value is -1.23. The van der Waals surface area contributed by atoms with E-state index in [1.165, 1.54) is 32.1 Å². The molecule has 1 aliphatic carbocycles. The van der Waals surface area contributed by atoms with Crippen molar-refractivity contribution in [3.8, 4) is 0 Å². The summed E-state index contributed by atoms with van der Waals surface area (Å²) < 4.78 is 1.94. The van der Waals surface area contributed by atoms with Gasteiger partial charge in [-0.2, -0.15) is 5.10 Å². The van der Waals surface area contributed by atoms with Crippen molar-refractivity contribution >= 4 is 11.6 Å². The van der Waals surface area contributed by atoms with Gasteiger partial charge >= 0.3 is 0 Å². The van der Waals surface area contributed by atoms with E-state index >= 15 is 0 Å². The first-order chi connectivity index (χ1) is 8.24. The molecule has 1 aromatic heterocycles. The predicted molar refractivity (Wildman–Crippen MR) is 70.5 cm³/mol. The molecule has 1 aromatic rings. The zero-order valence-corrected chi connectivity index (χ0v) is 10.4. The lowest BCUT2D eigenvalue weighted by Crippen LogP contribution is -2.16. The molecule has 1 aliphatic rings. The van der Waals surface area contributed by atoms with E-state index in [9.17, 15) is 0 Å². The minimum atomic E-state index is 0.442. The second kappa shape index (κ2) is 5.40. The van der Waals surface area contributed by atoms with Crippen LogP contribution in [-0.4, -0.2) is 16.3 Å². The number of nitrogen functional groups attached to an aromatic ring is 2. The number of hydrogen-bond donors (Lipinski definition) is 3. The molecular weight excluding hydrogens is 214 g/mol. The summed E-state index contributed by atoms with van der Waals surface area (Å²) in [5.41, 5.74) is 18.6. The number of hydrogen-bond acceptors (Lipinski definition) is 4. The molecule has 1 heterocycles. The summed E-state index contributed by atoms with van der Waals surface area (Å²) in [7, 11) is 0. The first-order valence-electron chi connectivity index (χ1n) is 6.56. The quantitative estimate of drug-likeness (QED) is 0.738. The highest BCUT2D eigenvalue weighted by Gasteiger charge is 2.21. The van der Waals surface area contributed by atoms with Gasteiger partial charge in [0.05, 0.1) is 6.04 Å². The molecule has 17 heavy (non-hydrogen) atoms. The molecule has 1 fully saturated rings. The Kier molecular flexibility index (Phi) is 3.89. The van der Waals surface area contributed by atoms with Crippen LogP contribution in [0.5, 0.6) is 0 Å². The van der Waals surface area contributed by atoms with E-state index < -0.39 is 0 Å². The molecule has 0 amide bonds. The van der Waals surface area contributed by atoms with Crippen LogP contribution in [0.3, 0.4) is 0 Å². The van der Waals surface area contributed by atoms with Gasteiger partial charge in [0.25, 0.3) is 0 Å². The molecule has 2 rings (SSSR count). The smallest absolute Gasteiger partial charge is 0.150 e. The Morgan fingerprint density at radius 1 is 1.18 bits per heavy atom. The first-order valence-corrected chi connectivity index (χ1v) is 6.56. The van der Waals surface area contributed by atoms with Crippen LogP contribution in [0.4, 0.5) is 11.6 Å². The third-order valence-electron chi connectivity index (χ3n) is 3.63. The first kappa shape index (κ1) is 12.2. The van der Waals surface area contributed by atoms with Crippen LogP contribution in [0.25, 0.3) is 0 Å². The van der Waals surface area contributed by atoms with Crippen molar-refractivity contribution in [1.29, 1.82) is 0 Å². The summed E-state index contributed by atoms with van der Waals surface area (Å²) >= 11 is 0. The highest BCUT2D eigenvalue weighted by atomic mass is 15.3. The number of rotatable bonds is 4. The Morgan fingerprint density at radius 3 is 2.53 bits per heavy atom. The standard InChI is InChI=1S/C12H23N5/c13-8-4-7-10-11(14)16-17(12(10)15)9-5-2-1-3-6-9/h9H,1-8,13,15H2,(H2,14,16). The minimum absolute atomic E-state index is 0.442. The molecule has 0 aromatic carbocycles. The number of aromatic nitrogens is 2. The SMILES string of the molecule is NCCCc1c(N)nn(C2CCCCC2)c1N. The third-order valence-corrected chi connectivity index (χ3v) is 3.63. The molecule has 0 bridgehead atoms. The monoisotopic (exact) mass is 237 g/mol. The van der Waals surface area contributed by atoms with Gasteiger partial charge in [0.1, 0.15) is 5.82 Å². The topological polar surface area (TPSA) is 95.9 Å². The number of nitrogens with two attached hydrogens (primary N) is 3. The van der Waals surface area contributed by atoms with Crippen molar-refractivity contribution in [3.63, 3.8) is 0 Å². The fourth-order valence-electron chi connectivity index (χ4n) is 2.64. The number of anilines is 2. The number of nitrogens with zero attached hydrogens (tertiary/aromatic N) is 2. The van der Waals surface area contributed by atoms with E-state index in [1.807, 2.05) is 4.68 Å². The molecular formula is C12H23N5. The highest BCUT2D eigenvalue weighted by Crippen LogP contribution is 2.32. The lowest BCUT2D eigenvalue weighted by Gasteiger charge is -2.22. The zero-order chi connectivity index (χ0) is 12.3. The molecule has 0 radical (unpaired) electrons. The van der Waals surface area contributed by atoms with Crippen LogP contribution in [0.15, 0.2) is 0 Å². The summed E-state index contributed by atoms with van der Waals surface area (Å²) in [4.78, 5) is 0. The molecule has 0 unspecified atom stereocenters. The summed E-state index contributed by atoms with van der Waals surface area (Å²) in [6.45, 7) is 0.660. The van der Waals surface area contributed by atoms with Gasteiger partial charge < -0.3 is 17.2 Å². The summed E-state index contributed by atoms with van der Waals surface area (Å²) in [6, 6.07) is 0.442. The van der Waals surface area contributed by atoms with E-state index in [2.05, 4.69) is 5.10 Å². The van der Waals surface area contributed by atoms with Gasteiger partial charge in [-0.05, 0) is 32.2 Å². The van der Waals surface area contributed by atoms with Crippen molar-refractivity contribution < 1.29 is 0 Å². The van der Waals surface area contributed by atoms with E-state index in [0.717, 1.165) is 24.2 Å². The maximum absolute atomic E-state index is 6.16. The zero-order valence-electron chi connectivity index (χ0n) is 10.4. The fraction of sp³-hybridized carbons (Fsp3) is 0.750. The molecule has 0 spiro atoms. The van der Waals surface area contributed by atoms with Crippen LogP contribution in [0, 0.1) is 0 Å². The Labute approximate surface area is 102 Å². The van der Waals surface area contributed by atoms with Crippen LogP contribution >= 0.6 is 0 Å². The largest absolute Gasteiger partial charge is 0.384 e. The van der Waals surface area contributed by atoms with E-state index in [4.69, 9.17) is 17.2 Å². The molecule has 5 nitrogen and oxygen atoms in total. The average Bonchev–Trinajstić information content (AvgIpc) is 2.64. The normalized spacial score (nSPS) is 17.5. The molecule has 0 aliphatic heterocycles. The third kappa shape index (κ3) is 2.54. The molecule has 0 saturated heterocycles. The molecule has 0 atom stereocenters. The van der Waals surface area contributed by atoms with Crippen LogP contribution < -0.4 is 17.2 Å². The molecule has 5 heteroatoms. The van der Waals surface area contributed by atoms with Crippen molar-refractivity contribution in [2.45, 2.75) is 51.0 Å². The van der Waals surface area contributed by atoms with Crippen LogP contribution in [0.2, 0.25) is 0 Å². The van der Waals surface area contributed by atoms with E-state index in [0.29, 0.717) is 18.4 Å². The summed E-state index contributed by atoms with van der Waals surface area (Å²) in [5, 5.41) is 4.42. The van der Waals surface area contributed by atoms with Crippen molar-refractivity contribution in [3.05, 3.63) is 5.56 Å². The van der Waals surface area contributed by atoms with Gasteiger partial charge in [0, 0.05) is 5.56 Å². The minimum Gasteiger partial charge on any atom is -0.384 e. The highest BCUT2D eigenvalue weighted by molar-refractivity contribution is 5.54. The van der Waals surface area contributed by atoms with Crippen LogP contribution in [-0.2, 0) is 6.42 Å². The fourth-order valence-corrected chi connectivity index (χ4v) is 2.64. The van der Waals surface area contributed by atoms with E-state index in [-0.39, 0.29) is 0 Å². The van der Waals surface area contributed by atoms with Crippen LogP contribution in [0.1, 0.15) is 50.1 Å². The van der Waals surface area contributed by atoms with Crippen molar-refractivity contribution in [2.24, 2.45) is 5.73 Å². The van der Waals surface area contributed by atoms with Crippen molar-refractivity contribution in [2.75, 3.05) is 18.0 Å². The summed E-state index contributed by atoms with van der Waals surface area (Å²) in [5.74, 6) is 1.34. The summed E-state index contributed by atoms with van der Waals surface area (Å²) in [6.07, 6.45) is 7.94. The Morgan fingerprint density at radius 2 is 1.88 bits per heavy atom. The average molecular weight is 237 g/mol. The van der Waals surface area contributed by atoms with E-state index in [1.54, 1.807) is 0 Å².